The highest BCUT2D eigenvalue weighted by Gasteiger charge is 2.93. The monoisotopic (exact) mass is 435 g/mol. The summed E-state index contributed by atoms with van der Waals surface area (Å²) in [4.78, 5) is 13.6. The van der Waals surface area contributed by atoms with E-state index in [9.17, 15) is 9.90 Å². The Bertz CT molecular complexity index is 854. The van der Waals surface area contributed by atoms with Gasteiger partial charge >= 0.3 is 0 Å². The van der Waals surface area contributed by atoms with Gasteiger partial charge in [0.1, 0.15) is 18.0 Å². The summed E-state index contributed by atoms with van der Waals surface area (Å²) in [7, 11) is 5.24. The van der Waals surface area contributed by atoms with Crippen LogP contribution in [0.15, 0.2) is 0 Å². The molecule has 7 aliphatic rings. The van der Waals surface area contributed by atoms with E-state index < -0.39 is 22.7 Å². The molecule has 2 saturated heterocycles. The van der Waals surface area contributed by atoms with Crippen LogP contribution in [0.4, 0.5) is 0 Å². The van der Waals surface area contributed by atoms with Crippen LogP contribution in [0.25, 0.3) is 0 Å². The maximum atomic E-state index is 13.6. The Labute approximate surface area is 182 Å². The number of ether oxygens (including phenoxy) is 5. The second-order valence-electron chi connectivity index (χ2n) is 11.3. The highest BCUT2D eigenvalue weighted by Crippen LogP contribution is 2.81. The van der Waals surface area contributed by atoms with E-state index >= 15 is 0 Å². The zero-order chi connectivity index (χ0) is 21.6. The first-order valence-corrected chi connectivity index (χ1v) is 11.7. The van der Waals surface area contributed by atoms with Crippen molar-refractivity contribution in [3.63, 3.8) is 0 Å². The zero-order valence-corrected chi connectivity index (χ0v) is 18.6. The van der Waals surface area contributed by atoms with Crippen LogP contribution in [0.1, 0.15) is 32.6 Å². The number of amides is 1. The molecule has 5 saturated carbocycles. The van der Waals surface area contributed by atoms with Gasteiger partial charge in [-0.25, -0.2) is 0 Å². The van der Waals surface area contributed by atoms with Gasteiger partial charge in [-0.2, -0.15) is 0 Å². The van der Waals surface area contributed by atoms with Crippen molar-refractivity contribution in [2.45, 2.75) is 74.3 Å². The van der Waals surface area contributed by atoms with Gasteiger partial charge in [-0.05, 0) is 25.2 Å². The molecule has 0 aromatic rings. The van der Waals surface area contributed by atoms with E-state index in [0.29, 0.717) is 6.42 Å². The molecule has 0 radical (unpaired) electrons. The molecule has 7 rings (SSSR count). The van der Waals surface area contributed by atoms with Gasteiger partial charge in [0.2, 0.25) is 5.91 Å². The maximum Gasteiger partial charge on any atom is 0.226 e. The molecule has 1 amide bonds. The number of piperidine rings is 1. The number of fused-ring (bicyclic) bond motifs is 1. The van der Waals surface area contributed by atoms with Crippen molar-refractivity contribution in [3.05, 3.63) is 0 Å². The van der Waals surface area contributed by atoms with Gasteiger partial charge in [-0.3, -0.25) is 4.79 Å². The lowest BCUT2D eigenvalue weighted by molar-refractivity contribution is -0.253. The first-order chi connectivity index (χ1) is 14.9. The Kier molecular flexibility index (Phi) is 3.58. The smallest absolute Gasteiger partial charge is 0.226 e. The first kappa shape index (κ1) is 19.7. The van der Waals surface area contributed by atoms with E-state index in [4.69, 9.17) is 23.7 Å². The summed E-state index contributed by atoms with van der Waals surface area (Å²) in [6.45, 7) is 2.24. The quantitative estimate of drug-likeness (QED) is 0.665. The van der Waals surface area contributed by atoms with Crippen LogP contribution >= 0.6 is 0 Å². The molecule has 5 aliphatic carbocycles. The molecule has 4 unspecified atom stereocenters. The minimum Gasteiger partial charge on any atom is -0.392 e. The van der Waals surface area contributed by atoms with Gasteiger partial charge in [0.15, 0.2) is 0 Å². The highest BCUT2D eigenvalue weighted by atomic mass is 16.7. The Morgan fingerprint density at radius 1 is 1.16 bits per heavy atom. The maximum absolute atomic E-state index is 13.6. The van der Waals surface area contributed by atoms with E-state index in [1.54, 1.807) is 21.3 Å². The van der Waals surface area contributed by atoms with Gasteiger partial charge in [0.05, 0.1) is 35.9 Å². The fraction of sp³-hybridized carbons (Fsp3) is 0.957. The fourth-order valence-corrected chi connectivity index (χ4v) is 10.5. The molecule has 0 aromatic heterocycles. The van der Waals surface area contributed by atoms with Crippen LogP contribution in [0.5, 0.6) is 0 Å². The average Bonchev–Trinajstić information content (AvgIpc) is 3.30. The summed E-state index contributed by atoms with van der Waals surface area (Å²) in [6.07, 6.45) is 2.07. The normalized spacial score (nSPS) is 64.9. The molecule has 2 N–H and O–H groups in total. The molecule has 3 spiro atoms. The highest BCUT2D eigenvalue weighted by molar-refractivity contribution is 5.86. The molecule has 31 heavy (non-hydrogen) atoms. The van der Waals surface area contributed by atoms with Crippen molar-refractivity contribution in [1.82, 2.24) is 5.32 Å². The van der Waals surface area contributed by atoms with Crippen molar-refractivity contribution in [2.24, 2.45) is 34.5 Å². The van der Waals surface area contributed by atoms with Crippen molar-refractivity contribution in [2.75, 3.05) is 28.1 Å². The lowest BCUT2D eigenvalue weighted by Gasteiger charge is -2.66. The Morgan fingerprint density at radius 3 is 2.68 bits per heavy atom. The van der Waals surface area contributed by atoms with E-state index in [2.05, 4.69) is 12.2 Å². The number of hydrogen-bond donors (Lipinski definition) is 2. The van der Waals surface area contributed by atoms with Crippen molar-refractivity contribution < 1.29 is 33.6 Å². The Hall–Kier alpha value is -0.770. The molecule has 8 heteroatoms. The third kappa shape index (κ3) is 1.63. The second-order valence-corrected chi connectivity index (χ2v) is 11.3. The summed E-state index contributed by atoms with van der Waals surface area (Å²) in [5.41, 5.74) is -2.55. The van der Waals surface area contributed by atoms with E-state index in [1.165, 1.54) is 0 Å². The molecule has 172 valence electrons. The van der Waals surface area contributed by atoms with Crippen LogP contribution in [0.3, 0.4) is 0 Å². The topological polar surface area (TPSA) is 95.5 Å². The van der Waals surface area contributed by atoms with E-state index in [-0.39, 0.29) is 66.1 Å². The van der Waals surface area contributed by atoms with Crippen LogP contribution in [-0.4, -0.2) is 80.8 Å². The van der Waals surface area contributed by atoms with Gasteiger partial charge in [0.25, 0.3) is 0 Å². The Morgan fingerprint density at radius 2 is 1.97 bits per heavy atom. The number of aliphatic hydroxyl groups is 1. The van der Waals surface area contributed by atoms with Crippen LogP contribution in [-0.2, 0) is 28.5 Å². The van der Waals surface area contributed by atoms with Gasteiger partial charge in [0, 0.05) is 50.9 Å². The summed E-state index contributed by atoms with van der Waals surface area (Å²) in [5.74, 6) is 0.155. The van der Waals surface area contributed by atoms with E-state index in [0.717, 1.165) is 19.3 Å². The predicted molar refractivity (Wildman–Crippen MR) is 106 cm³/mol. The molecular formula is C23H33NO7. The second kappa shape index (κ2) is 5.65. The largest absolute Gasteiger partial charge is 0.392 e. The molecule has 2 heterocycles. The van der Waals surface area contributed by atoms with Crippen LogP contribution in [0.2, 0.25) is 0 Å². The molecule has 7 bridgehead atoms. The summed E-state index contributed by atoms with van der Waals surface area (Å²) in [6, 6.07) is -0.272. The lowest BCUT2D eigenvalue weighted by Crippen LogP contribution is -2.81. The van der Waals surface area contributed by atoms with Gasteiger partial charge < -0.3 is 34.1 Å². The number of nitrogens with one attached hydrogen (secondary N) is 1. The minimum absolute atomic E-state index is 0.0343. The standard InChI is InChI=1S/C23H33NO7/c1-20-6-5-13(28-3)22-11-7-10-12(27-2)8-21(14(11)15(10)25)23(31-9-30-21,17(29-4)16(20)22)18(22)24-19(20)26/h10-18,25H,5-9H2,1-4H3,(H,24,26)/t10-,11?,12+,13+,14?,15+,16?,17+,18?,20-,21-,22+,23+/m1/s1. The zero-order valence-electron chi connectivity index (χ0n) is 18.6. The predicted octanol–water partition coefficient (Wildman–Crippen LogP) is 0.459. The van der Waals surface area contributed by atoms with Crippen LogP contribution in [0, 0.1) is 34.5 Å². The molecule has 7 fully saturated rings. The number of carbonyl (C=O) groups is 1. The lowest BCUT2D eigenvalue weighted by atomic mass is 9.43. The average molecular weight is 436 g/mol. The summed E-state index contributed by atoms with van der Waals surface area (Å²) in [5, 5.41) is 15.1. The number of hydrogen-bond acceptors (Lipinski definition) is 7. The molecule has 2 aliphatic heterocycles. The number of aliphatic hydroxyl groups excluding tert-OH is 1. The molecular weight excluding hydrogens is 402 g/mol. The number of carbonyl (C=O) groups excluding carboxylic acids is 1. The van der Waals surface area contributed by atoms with Gasteiger partial charge in [-0.1, -0.05) is 6.92 Å². The third-order valence-electron chi connectivity index (χ3n) is 11.2. The number of rotatable bonds is 3. The van der Waals surface area contributed by atoms with Gasteiger partial charge in [-0.15, -0.1) is 0 Å². The number of methoxy groups -OCH3 is 3. The molecule has 0 aromatic carbocycles. The summed E-state index contributed by atoms with van der Waals surface area (Å²) < 4.78 is 31.7. The summed E-state index contributed by atoms with van der Waals surface area (Å²) >= 11 is 0. The molecule has 8 nitrogen and oxygen atoms in total. The van der Waals surface area contributed by atoms with Crippen molar-refractivity contribution in [3.8, 4) is 0 Å². The van der Waals surface area contributed by atoms with E-state index in [1.807, 2.05) is 0 Å². The molecule has 13 atom stereocenters. The van der Waals surface area contributed by atoms with Crippen molar-refractivity contribution >= 4 is 5.91 Å². The first-order valence-electron chi connectivity index (χ1n) is 11.7. The Balaban J connectivity index is 1.57. The minimum atomic E-state index is -0.866. The fourth-order valence-electron chi connectivity index (χ4n) is 10.5. The SMILES string of the molecule is CO[C@H]1C[C@]23OCO[C@@]24C2NC(=O)[C@]5(C)CC[C@H](OC)[C@@]2(C2C[C@H]1[C@H](O)C23)C5[C@@H]4OC. The third-order valence-corrected chi connectivity index (χ3v) is 11.2. The van der Waals surface area contributed by atoms with Crippen LogP contribution < -0.4 is 5.32 Å². The van der Waals surface area contributed by atoms with Crippen molar-refractivity contribution in [1.29, 1.82) is 0 Å².